The van der Waals surface area contributed by atoms with E-state index in [9.17, 15) is 4.79 Å². The van der Waals surface area contributed by atoms with Gasteiger partial charge in [-0.2, -0.15) is 0 Å². The van der Waals surface area contributed by atoms with Gasteiger partial charge < -0.3 is 4.74 Å². The van der Waals surface area contributed by atoms with Gasteiger partial charge in [-0.25, -0.2) is 0 Å². The van der Waals surface area contributed by atoms with Gasteiger partial charge in [0.25, 0.3) is 0 Å². The van der Waals surface area contributed by atoms with Crippen LogP contribution in [0.25, 0.3) is 0 Å². The summed E-state index contributed by atoms with van der Waals surface area (Å²) in [5.74, 6) is -0.199. The van der Waals surface area contributed by atoms with Crippen molar-refractivity contribution in [2.75, 3.05) is 0 Å². The van der Waals surface area contributed by atoms with Crippen molar-refractivity contribution in [3.8, 4) is 0 Å². The van der Waals surface area contributed by atoms with Crippen LogP contribution in [0.1, 0.15) is 32.6 Å². The van der Waals surface area contributed by atoms with Crippen LogP contribution in [0.4, 0.5) is 0 Å². The van der Waals surface area contributed by atoms with Crippen molar-refractivity contribution in [3.63, 3.8) is 0 Å². The number of ether oxygens (including phenoxy) is 1. The summed E-state index contributed by atoms with van der Waals surface area (Å²) in [5, 5.41) is 0. The van der Waals surface area contributed by atoms with E-state index in [0.717, 1.165) is 19.3 Å². The van der Waals surface area contributed by atoms with Crippen molar-refractivity contribution >= 4 is 5.97 Å². The molecule has 0 rings (SSSR count). The van der Waals surface area contributed by atoms with Gasteiger partial charge in [0.1, 0.15) is 0 Å². The maximum absolute atomic E-state index is 10.8. The van der Waals surface area contributed by atoms with E-state index in [1.54, 1.807) is 0 Å². The van der Waals surface area contributed by atoms with Gasteiger partial charge in [-0.15, -0.1) is 0 Å². The Balaban J connectivity index is 3.24. The maximum atomic E-state index is 10.8. The largest absolute Gasteiger partial charge is 0.435 e. The molecule has 0 aliphatic heterocycles. The Labute approximate surface area is 73.9 Å². The van der Waals surface area contributed by atoms with Crippen LogP contribution in [-0.2, 0) is 9.53 Å². The zero-order chi connectivity index (χ0) is 9.23. The van der Waals surface area contributed by atoms with Crippen LogP contribution in [0.15, 0.2) is 25.0 Å². The van der Waals surface area contributed by atoms with E-state index in [2.05, 4.69) is 30.4 Å². The Hall–Kier alpha value is -1.05. The van der Waals surface area contributed by atoms with Crippen molar-refractivity contribution in [1.29, 1.82) is 0 Å². The molecule has 0 aromatic heterocycles. The van der Waals surface area contributed by atoms with Crippen LogP contribution in [0, 0.1) is 0 Å². The van der Waals surface area contributed by atoms with E-state index in [0.29, 0.717) is 6.42 Å². The normalized spacial score (nSPS) is 10.1. The molecule has 0 unspecified atom stereocenters. The SMILES string of the molecule is C=COC(=O)CCC/C=C/CC. The average Bonchev–Trinajstić information content (AvgIpc) is 2.05. The van der Waals surface area contributed by atoms with Gasteiger partial charge in [0, 0.05) is 6.42 Å². The number of unbranched alkanes of at least 4 members (excludes halogenated alkanes) is 1. The monoisotopic (exact) mass is 168 g/mol. The van der Waals surface area contributed by atoms with Gasteiger partial charge in [-0.3, -0.25) is 4.79 Å². The minimum absolute atomic E-state index is 0.199. The molecule has 2 nitrogen and oxygen atoms in total. The molecule has 0 radical (unpaired) electrons. The number of allylic oxidation sites excluding steroid dienone is 2. The predicted octanol–water partition coefficient (Wildman–Crippen LogP) is 2.81. The third-order valence-corrected chi connectivity index (χ3v) is 1.37. The van der Waals surface area contributed by atoms with Gasteiger partial charge in [0.2, 0.25) is 0 Å². The molecular formula is C10H16O2. The van der Waals surface area contributed by atoms with E-state index in [1.165, 1.54) is 6.26 Å². The molecular weight excluding hydrogens is 152 g/mol. The highest BCUT2D eigenvalue weighted by molar-refractivity contribution is 5.69. The molecule has 0 aliphatic carbocycles. The highest BCUT2D eigenvalue weighted by Gasteiger charge is 1.97. The zero-order valence-corrected chi connectivity index (χ0v) is 7.58. The van der Waals surface area contributed by atoms with Crippen LogP contribution in [-0.4, -0.2) is 5.97 Å². The fourth-order valence-electron chi connectivity index (χ4n) is 0.801. The number of carbonyl (C=O) groups excluding carboxylic acids is 1. The molecule has 0 spiro atoms. The molecule has 0 saturated heterocycles. The Kier molecular flexibility index (Phi) is 7.35. The lowest BCUT2D eigenvalue weighted by atomic mass is 10.2. The molecule has 0 aliphatic rings. The Bertz CT molecular complexity index is 159. The van der Waals surface area contributed by atoms with Gasteiger partial charge in [0.05, 0.1) is 6.26 Å². The fraction of sp³-hybridized carbons (Fsp3) is 0.500. The Morgan fingerprint density at radius 3 is 2.83 bits per heavy atom. The molecule has 0 N–H and O–H groups in total. The summed E-state index contributed by atoms with van der Waals surface area (Å²) in [6.45, 7) is 5.39. The zero-order valence-electron chi connectivity index (χ0n) is 7.58. The summed E-state index contributed by atoms with van der Waals surface area (Å²) < 4.78 is 4.55. The Morgan fingerprint density at radius 2 is 2.25 bits per heavy atom. The molecule has 0 atom stereocenters. The van der Waals surface area contributed by atoms with Crippen LogP contribution >= 0.6 is 0 Å². The van der Waals surface area contributed by atoms with Crippen molar-refractivity contribution in [1.82, 2.24) is 0 Å². The molecule has 0 fully saturated rings. The van der Waals surface area contributed by atoms with E-state index in [1.807, 2.05) is 0 Å². The highest BCUT2D eigenvalue weighted by Crippen LogP contribution is 1.99. The van der Waals surface area contributed by atoms with Gasteiger partial charge in [-0.05, 0) is 19.3 Å². The number of rotatable bonds is 6. The fourth-order valence-corrected chi connectivity index (χ4v) is 0.801. The number of hydrogen-bond acceptors (Lipinski definition) is 2. The topological polar surface area (TPSA) is 26.3 Å². The van der Waals surface area contributed by atoms with Crippen LogP contribution in [0.2, 0.25) is 0 Å². The molecule has 0 saturated carbocycles. The molecule has 0 amide bonds. The molecule has 0 aromatic rings. The molecule has 0 aromatic carbocycles. The second-order valence-electron chi connectivity index (χ2n) is 2.43. The quantitative estimate of drug-likeness (QED) is 0.264. The predicted molar refractivity (Wildman–Crippen MR) is 49.6 cm³/mol. The van der Waals surface area contributed by atoms with Crippen molar-refractivity contribution in [3.05, 3.63) is 25.0 Å². The third-order valence-electron chi connectivity index (χ3n) is 1.37. The average molecular weight is 168 g/mol. The lowest BCUT2D eigenvalue weighted by Crippen LogP contribution is -1.97. The lowest BCUT2D eigenvalue weighted by Gasteiger charge is -1.95. The summed E-state index contributed by atoms with van der Waals surface area (Å²) in [4.78, 5) is 10.8. The molecule has 0 bridgehead atoms. The van der Waals surface area contributed by atoms with E-state index in [-0.39, 0.29) is 5.97 Å². The second kappa shape index (κ2) is 8.05. The summed E-state index contributed by atoms with van der Waals surface area (Å²) in [6.07, 6.45) is 8.67. The van der Waals surface area contributed by atoms with Crippen LogP contribution in [0.5, 0.6) is 0 Å². The van der Waals surface area contributed by atoms with E-state index in [4.69, 9.17) is 0 Å². The molecule has 0 heterocycles. The first-order valence-corrected chi connectivity index (χ1v) is 4.26. The summed E-state index contributed by atoms with van der Waals surface area (Å²) in [7, 11) is 0. The summed E-state index contributed by atoms with van der Waals surface area (Å²) in [5.41, 5.74) is 0. The summed E-state index contributed by atoms with van der Waals surface area (Å²) in [6, 6.07) is 0. The minimum Gasteiger partial charge on any atom is -0.435 e. The van der Waals surface area contributed by atoms with Gasteiger partial charge in [0.15, 0.2) is 0 Å². The number of hydrogen-bond donors (Lipinski definition) is 0. The van der Waals surface area contributed by atoms with E-state index < -0.39 is 0 Å². The van der Waals surface area contributed by atoms with Gasteiger partial charge >= 0.3 is 5.97 Å². The van der Waals surface area contributed by atoms with Crippen molar-refractivity contribution in [2.24, 2.45) is 0 Å². The third kappa shape index (κ3) is 7.06. The minimum atomic E-state index is -0.199. The summed E-state index contributed by atoms with van der Waals surface area (Å²) >= 11 is 0. The smallest absolute Gasteiger partial charge is 0.310 e. The van der Waals surface area contributed by atoms with Crippen molar-refractivity contribution in [2.45, 2.75) is 32.6 Å². The lowest BCUT2D eigenvalue weighted by molar-refractivity contribution is -0.138. The first-order valence-electron chi connectivity index (χ1n) is 4.26. The molecule has 68 valence electrons. The first kappa shape index (κ1) is 11.0. The second-order valence-corrected chi connectivity index (χ2v) is 2.43. The molecule has 2 heteroatoms. The standard InChI is InChI=1S/C10H16O2/c1-3-5-6-7-8-9-10(11)12-4-2/h4-6H,2-3,7-9H2,1H3/b6-5+. The van der Waals surface area contributed by atoms with E-state index >= 15 is 0 Å². The number of carbonyl (C=O) groups is 1. The maximum Gasteiger partial charge on any atom is 0.310 e. The first-order chi connectivity index (χ1) is 5.81. The Morgan fingerprint density at radius 1 is 1.50 bits per heavy atom. The van der Waals surface area contributed by atoms with Crippen molar-refractivity contribution < 1.29 is 9.53 Å². The highest BCUT2D eigenvalue weighted by atomic mass is 16.5. The molecule has 12 heavy (non-hydrogen) atoms. The van der Waals surface area contributed by atoms with Crippen LogP contribution < -0.4 is 0 Å². The van der Waals surface area contributed by atoms with Crippen LogP contribution in [0.3, 0.4) is 0 Å². The number of esters is 1. The van der Waals surface area contributed by atoms with Gasteiger partial charge in [-0.1, -0.05) is 25.7 Å².